The van der Waals surface area contributed by atoms with Gasteiger partial charge in [-0.2, -0.15) is 0 Å². The van der Waals surface area contributed by atoms with Crippen molar-refractivity contribution in [2.24, 2.45) is 5.41 Å². The number of hydrogen-bond acceptors (Lipinski definition) is 6. The molecular formula is C23H32N4O2S. The number of carbonyl (C=O) groups is 1. The first-order chi connectivity index (χ1) is 14.1. The molecule has 1 aliphatic heterocycles. The van der Waals surface area contributed by atoms with Gasteiger partial charge in [-0.3, -0.25) is 4.79 Å². The van der Waals surface area contributed by atoms with Crippen molar-refractivity contribution in [2.75, 3.05) is 18.0 Å². The number of aryl methyl sites for hydroxylation is 1. The fourth-order valence-corrected chi connectivity index (χ4v) is 5.50. The van der Waals surface area contributed by atoms with Gasteiger partial charge in [-0.05, 0) is 51.5 Å². The lowest BCUT2D eigenvalue weighted by molar-refractivity contribution is -0.00575. The predicted molar refractivity (Wildman–Crippen MR) is 120 cm³/mol. The van der Waals surface area contributed by atoms with Crippen molar-refractivity contribution in [2.45, 2.75) is 72.6 Å². The van der Waals surface area contributed by atoms with Crippen molar-refractivity contribution >= 4 is 23.2 Å². The third-order valence-electron chi connectivity index (χ3n) is 6.20. The van der Waals surface area contributed by atoms with Crippen LogP contribution in [0.1, 0.15) is 72.2 Å². The highest BCUT2D eigenvalue weighted by Gasteiger charge is 2.35. The maximum atomic E-state index is 13.0. The largest absolute Gasteiger partial charge is 0.372 e. The van der Waals surface area contributed by atoms with Crippen LogP contribution in [-0.4, -0.2) is 41.2 Å². The number of amides is 1. The predicted octanol–water partition coefficient (Wildman–Crippen LogP) is 4.21. The van der Waals surface area contributed by atoms with Crippen molar-refractivity contribution in [3.8, 4) is 0 Å². The zero-order valence-electron chi connectivity index (χ0n) is 18.8. The summed E-state index contributed by atoms with van der Waals surface area (Å²) in [6.07, 6.45) is 4.01. The molecule has 0 saturated carbocycles. The number of rotatable bonds is 3. The van der Waals surface area contributed by atoms with E-state index in [9.17, 15) is 4.79 Å². The minimum absolute atomic E-state index is 0.00888. The number of hydrogen-bond donors (Lipinski definition) is 1. The van der Waals surface area contributed by atoms with E-state index in [0.717, 1.165) is 54.3 Å². The first kappa shape index (κ1) is 21.2. The fraction of sp³-hybridized carbons (Fsp3) is 0.609. The number of anilines is 1. The first-order valence-electron chi connectivity index (χ1n) is 10.7. The van der Waals surface area contributed by atoms with E-state index in [1.807, 2.05) is 18.5 Å². The van der Waals surface area contributed by atoms with Gasteiger partial charge in [-0.15, -0.1) is 11.3 Å². The number of nitrogens with one attached hydrogen (secondary N) is 1. The zero-order valence-corrected chi connectivity index (χ0v) is 19.6. The van der Waals surface area contributed by atoms with Crippen LogP contribution in [-0.2, 0) is 11.2 Å². The van der Waals surface area contributed by atoms with Crippen LogP contribution in [0.5, 0.6) is 0 Å². The van der Waals surface area contributed by atoms with Crippen molar-refractivity contribution in [3.63, 3.8) is 0 Å². The van der Waals surface area contributed by atoms with Crippen LogP contribution >= 0.6 is 11.3 Å². The van der Waals surface area contributed by atoms with E-state index in [0.29, 0.717) is 0 Å². The highest BCUT2D eigenvalue weighted by atomic mass is 32.1. The maximum Gasteiger partial charge on any atom is 0.252 e. The number of thiophene rings is 1. The van der Waals surface area contributed by atoms with Crippen molar-refractivity contribution in [3.05, 3.63) is 38.8 Å². The molecule has 0 radical (unpaired) electrons. The molecule has 0 aromatic carbocycles. The summed E-state index contributed by atoms with van der Waals surface area (Å²) in [7, 11) is 0. The third kappa shape index (κ3) is 4.23. The Morgan fingerprint density at radius 3 is 2.60 bits per heavy atom. The molecule has 3 heterocycles. The monoisotopic (exact) mass is 428 g/mol. The van der Waals surface area contributed by atoms with Crippen LogP contribution in [0, 0.1) is 19.3 Å². The van der Waals surface area contributed by atoms with E-state index in [-0.39, 0.29) is 29.6 Å². The van der Waals surface area contributed by atoms with Gasteiger partial charge in [0.15, 0.2) is 0 Å². The van der Waals surface area contributed by atoms with Gasteiger partial charge in [0.05, 0.1) is 29.5 Å². The number of fused-ring (bicyclic) bond motifs is 1. The molecule has 1 fully saturated rings. The molecule has 162 valence electrons. The second-order valence-corrected chi connectivity index (χ2v) is 10.7. The average molecular weight is 429 g/mol. The number of aromatic nitrogens is 2. The van der Waals surface area contributed by atoms with Crippen molar-refractivity contribution in [1.29, 1.82) is 0 Å². The lowest BCUT2D eigenvalue weighted by atomic mass is 9.74. The summed E-state index contributed by atoms with van der Waals surface area (Å²) in [5.41, 5.74) is 3.99. The molecule has 2 aromatic heterocycles. The van der Waals surface area contributed by atoms with E-state index in [1.54, 1.807) is 11.3 Å². The van der Waals surface area contributed by atoms with E-state index in [2.05, 4.69) is 44.8 Å². The highest BCUT2D eigenvalue weighted by Crippen LogP contribution is 2.40. The Morgan fingerprint density at radius 1 is 1.27 bits per heavy atom. The lowest BCUT2D eigenvalue weighted by Crippen LogP contribution is -2.46. The van der Waals surface area contributed by atoms with E-state index < -0.39 is 0 Å². The van der Waals surface area contributed by atoms with Gasteiger partial charge in [-0.25, -0.2) is 9.97 Å². The molecule has 0 bridgehead atoms. The minimum atomic E-state index is -0.0764. The smallest absolute Gasteiger partial charge is 0.252 e. The topological polar surface area (TPSA) is 67.4 Å². The molecule has 1 N–H and O–H groups in total. The zero-order chi connectivity index (χ0) is 21.6. The van der Waals surface area contributed by atoms with Crippen LogP contribution in [0.2, 0.25) is 0 Å². The Hall–Kier alpha value is -1.99. The van der Waals surface area contributed by atoms with E-state index in [1.165, 1.54) is 4.88 Å². The number of nitrogens with zero attached hydrogens (tertiary/aromatic N) is 3. The fourth-order valence-electron chi connectivity index (χ4n) is 4.63. The normalized spacial score (nSPS) is 25.7. The standard InChI is InChI=1S/C23H32N4O2S/c1-13-10-27(11-14(2)29-13)22-24-9-17-19(7-23(5,6)8-20(17)26-22)25-21(28)18-12-30-16(4)15(18)3/h9,12-14,19H,7-8,10-11H2,1-6H3,(H,25,28)/t13-,14-,19+/m0/s1. The van der Waals surface area contributed by atoms with Gasteiger partial charge in [0.1, 0.15) is 0 Å². The second-order valence-electron chi connectivity index (χ2n) is 9.64. The van der Waals surface area contributed by atoms with Crippen LogP contribution in [0.4, 0.5) is 5.95 Å². The van der Waals surface area contributed by atoms with Gasteiger partial charge in [0.25, 0.3) is 5.91 Å². The second kappa shape index (κ2) is 7.93. The highest BCUT2D eigenvalue weighted by molar-refractivity contribution is 7.10. The lowest BCUT2D eigenvalue weighted by Gasteiger charge is -2.38. The van der Waals surface area contributed by atoms with Crippen molar-refractivity contribution < 1.29 is 9.53 Å². The summed E-state index contributed by atoms with van der Waals surface area (Å²) in [6, 6.07) is -0.0764. The molecule has 1 saturated heterocycles. The molecule has 30 heavy (non-hydrogen) atoms. The molecule has 2 aromatic rings. The molecule has 0 unspecified atom stereocenters. The van der Waals surface area contributed by atoms with Gasteiger partial charge >= 0.3 is 0 Å². The Kier molecular flexibility index (Phi) is 5.62. The molecule has 4 rings (SSSR count). The molecule has 1 amide bonds. The molecule has 3 atom stereocenters. The third-order valence-corrected chi connectivity index (χ3v) is 7.22. The maximum absolute atomic E-state index is 13.0. The Morgan fingerprint density at radius 2 is 1.97 bits per heavy atom. The van der Waals surface area contributed by atoms with Crippen LogP contribution in [0.3, 0.4) is 0 Å². The summed E-state index contributed by atoms with van der Waals surface area (Å²) in [5, 5.41) is 5.22. The van der Waals surface area contributed by atoms with Gasteiger partial charge < -0.3 is 15.0 Å². The molecular weight excluding hydrogens is 396 g/mol. The molecule has 0 spiro atoms. The van der Waals surface area contributed by atoms with Gasteiger partial charge in [0, 0.05) is 35.1 Å². The Labute approximate surface area is 183 Å². The van der Waals surface area contributed by atoms with Crippen LogP contribution in [0.25, 0.3) is 0 Å². The average Bonchev–Trinajstić information content (AvgIpc) is 2.98. The van der Waals surface area contributed by atoms with Crippen LogP contribution in [0.15, 0.2) is 11.6 Å². The molecule has 6 nitrogen and oxygen atoms in total. The summed E-state index contributed by atoms with van der Waals surface area (Å²) in [5.74, 6) is 0.758. The Bertz CT molecular complexity index is 945. The van der Waals surface area contributed by atoms with E-state index in [4.69, 9.17) is 14.7 Å². The van der Waals surface area contributed by atoms with Gasteiger partial charge in [0.2, 0.25) is 5.95 Å². The number of ether oxygens (including phenoxy) is 1. The van der Waals surface area contributed by atoms with Gasteiger partial charge in [-0.1, -0.05) is 13.8 Å². The number of carbonyl (C=O) groups excluding carboxylic acids is 1. The number of morpholine rings is 1. The summed E-state index contributed by atoms with van der Waals surface area (Å²) in [6.45, 7) is 14.3. The minimum Gasteiger partial charge on any atom is -0.372 e. The molecule has 2 aliphatic rings. The van der Waals surface area contributed by atoms with Crippen molar-refractivity contribution in [1.82, 2.24) is 15.3 Å². The van der Waals surface area contributed by atoms with E-state index >= 15 is 0 Å². The quantitative estimate of drug-likeness (QED) is 0.793. The molecule has 7 heteroatoms. The summed E-state index contributed by atoms with van der Waals surface area (Å²) >= 11 is 1.62. The summed E-state index contributed by atoms with van der Waals surface area (Å²) < 4.78 is 5.85. The van der Waals surface area contributed by atoms with Crippen LogP contribution < -0.4 is 10.2 Å². The molecule has 1 aliphatic carbocycles. The summed E-state index contributed by atoms with van der Waals surface area (Å²) in [4.78, 5) is 26.0. The SMILES string of the molecule is Cc1scc(C(=O)N[C@@H]2CC(C)(C)Cc3nc(N4C[C@H](C)O[C@@H](C)C4)ncc32)c1C. The Balaban J connectivity index is 1.61. The first-order valence-corrected chi connectivity index (χ1v) is 11.6.